The molecule has 1 N–H and O–H groups in total. The van der Waals surface area contributed by atoms with Gasteiger partial charge in [-0.25, -0.2) is 4.79 Å². The van der Waals surface area contributed by atoms with Crippen LogP contribution in [0.4, 0.5) is 11.5 Å². The number of carboxylic acid groups (broad SMARTS) is 1. The molecule has 0 radical (unpaired) electrons. The summed E-state index contributed by atoms with van der Waals surface area (Å²) < 4.78 is 5.21. The highest BCUT2D eigenvalue weighted by Crippen LogP contribution is 2.25. The van der Waals surface area contributed by atoms with Crippen molar-refractivity contribution in [3.8, 4) is 0 Å². The topological polar surface area (TPSA) is 67.0 Å². The first kappa shape index (κ1) is 11.4. The fourth-order valence-corrected chi connectivity index (χ4v) is 1.73. The third-order valence-electron chi connectivity index (χ3n) is 2.56. The standard InChI is InChI=1S/C11H11N3O3/c1-12-10-6-9(8(7-13-10)11(15)16)14-2-4-17-5-3-14/h6-7H,2-5H2,(H,15,16). The third-order valence-corrected chi connectivity index (χ3v) is 2.56. The molecule has 0 saturated carbocycles. The van der Waals surface area contributed by atoms with E-state index in [0.29, 0.717) is 32.0 Å². The average Bonchev–Trinajstić information content (AvgIpc) is 2.39. The van der Waals surface area contributed by atoms with E-state index < -0.39 is 5.97 Å². The van der Waals surface area contributed by atoms with Crippen LogP contribution < -0.4 is 4.90 Å². The van der Waals surface area contributed by atoms with Gasteiger partial charge in [-0.15, -0.1) is 4.98 Å². The van der Waals surface area contributed by atoms with Crippen LogP contribution in [0, 0.1) is 6.57 Å². The van der Waals surface area contributed by atoms with Crippen LogP contribution in [0.1, 0.15) is 10.4 Å². The predicted molar refractivity (Wildman–Crippen MR) is 60.5 cm³/mol. The maximum atomic E-state index is 11.1. The number of pyridine rings is 1. The lowest BCUT2D eigenvalue weighted by atomic mass is 10.2. The maximum absolute atomic E-state index is 11.1. The number of anilines is 1. The van der Waals surface area contributed by atoms with Gasteiger partial charge in [-0.05, 0) is 6.07 Å². The number of ether oxygens (including phenoxy) is 1. The number of carboxylic acids is 1. The summed E-state index contributed by atoms with van der Waals surface area (Å²) in [4.78, 5) is 20.0. The Bertz CT molecular complexity index is 475. The normalized spacial score (nSPS) is 15.4. The molecule has 0 aliphatic carbocycles. The molecular weight excluding hydrogens is 222 g/mol. The van der Waals surface area contributed by atoms with Crippen LogP contribution in [-0.4, -0.2) is 42.4 Å². The summed E-state index contributed by atoms with van der Waals surface area (Å²) in [5.74, 6) is -0.827. The SMILES string of the molecule is [C-]#[N+]c1cc(N2CCOCC2)c(C(=O)O)cn1. The van der Waals surface area contributed by atoms with Crippen LogP contribution in [0.25, 0.3) is 4.85 Å². The third kappa shape index (κ3) is 2.34. The first-order valence-corrected chi connectivity index (χ1v) is 5.16. The Morgan fingerprint density at radius 2 is 2.24 bits per heavy atom. The Morgan fingerprint density at radius 3 is 2.82 bits per heavy atom. The molecule has 0 aromatic carbocycles. The van der Waals surface area contributed by atoms with Crippen LogP contribution in [0.3, 0.4) is 0 Å². The van der Waals surface area contributed by atoms with E-state index in [1.54, 1.807) is 0 Å². The summed E-state index contributed by atoms with van der Waals surface area (Å²) in [6.45, 7) is 9.29. The number of rotatable bonds is 2. The van der Waals surface area contributed by atoms with E-state index in [2.05, 4.69) is 9.83 Å². The molecule has 17 heavy (non-hydrogen) atoms. The average molecular weight is 233 g/mol. The predicted octanol–water partition coefficient (Wildman–Crippen LogP) is 1.17. The fourth-order valence-electron chi connectivity index (χ4n) is 1.73. The summed E-state index contributed by atoms with van der Waals surface area (Å²) in [6, 6.07) is 1.52. The highest BCUT2D eigenvalue weighted by Gasteiger charge is 2.20. The van der Waals surface area contributed by atoms with Gasteiger partial charge in [0.25, 0.3) is 5.82 Å². The van der Waals surface area contributed by atoms with E-state index in [1.165, 1.54) is 12.3 Å². The largest absolute Gasteiger partial charge is 0.477 e. The van der Waals surface area contributed by atoms with Crippen molar-refractivity contribution in [1.82, 2.24) is 4.98 Å². The summed E-state index contributed by atoms with van der Waals surface area (Å²) in [7, 11) is 0. The van der Waals surface area contributed by atoms with Crippen molar-refractivity contribution in [2.24, 2.45) is 0 Å². The van der Waals surface area contributed by atoms with Gasteiger partial charge < -0.3 is 19.6 Å². The van der Waals surface area contributed by atoms with Crippen molar-refractivity contribution in [3.63, 3.8) is 0 Å². The van der Waals surface area contributed by atoms with E-state index in [4.69, 9.17) is 16.4 Å². The minimum absolute atomic E-state index is 0.124. The minimum atomic E-state index is -1.03. The highest BCUT2D eigenvalue weighted by atomic mass is 16.5. The number of nitrogens with zero attached hydrogens (tertiary/aromatic N) is 3. The molecule has 0 amide bonds. The number of morpholine rings is 1. The Morgan fingerprint density at radius 1 is 1.53 bits per heavy atom. The molecule has 1 fully saturated rings. The lowest BCUT2D eigenvalue weighted by molar-refractivity contribution is 0.0696. The fraction of sp³-hybridized carbons (Fsp3) is 0.364. The Balaban J connectivity index is 2.41. The van der Waals surface area contributed by atoms with Crippen LogP contribution in [0.2, 0.25) is 0 Å². The number of hydrogen-bond acceptors (Lipinski definition) is 4. The van der Waals surface area contributed by atoms with Gasteiger partial charge in [0, 0.05) is 18.8 Å². The molecule has 0 spiro atoms. The number of hydrogen-bond donors (Lipinski definition) is 1. The van der Waals surface area contributed by atoms with E-state index in [1.807, 2.05) is 4.90 Å². The Kier molecular flexibility index (Phi) is 3.21. The first-order chi connectivity index (χ1) is 8.22. The van der Waals surface area contributed by atoms with Gasteiger partial charge in [0.2, 0.25) is 0 Å². The van der Waals surface area contributed by atoms with Crippen molar-refractivity contribution >= 4 is 17.5 Å². The molecular formula is C11H11N3O3. The van der Waals surface area contributed by atoms with Gasteiger partial charge in [0.1, 0.15) is 11.8 Å². The zero-order valence-electron chi connectivity index (χ0n) is 9.09. The Hall–Kier alpha value is -2.13. The second-order valence-corrected chi connectivity index (χ2v) is 3.58. The molecule has 1 saturated heterocycles. The van der Waals surface area contributed by atoms with E-state index in [0.717, 1.165) is 0 Å². The van der Waals surface area contributed by atoms with Gasteiger partial charge >= 0.3 is 5.97 Å². The quantitative estimate of drug-likeness (QED) is 0.776. The number of carbonyl (C=O) groups is 1. The summed E-state index contributed by atoms with van der Waals surface area (Å²) in [5.41, 5.74) is 0.668. The highest BCUT2D eigenvalue weighted by molar-refractivity contribution is 5.94. The van der Waals surface area contributed by atoms with Crippen LogP contribution >= 0.6 is 0 Å². The summed E-state index contributed by atoms with van der Waals surface area (Å²) in [6.07, 6.45) is 1.24. The second-order valence-electron chi connectivity index (χ2n) is 3.58. The minimum Gasteiger partial charge on any atom is -0.477 e. The lowest BCUT2D eigenvalue weighted by Gasteiger charge is -2.29. The molecule has 1 aliphatic heterocycles. The number of aromatic carboxylic acids is 1. The van der Waals surface area contributed by atoms with Crippen LogP contribution in [0.15, 0.2) is 12.3 Å². The zero-order valence-corrected chi connectivity index (χ0v) is 9.09. The van der Waals surface area contributed by atoms with Gasteiger partial charge in [-0.3, -0.25) is 0 Å². The maximum Gasteiger partial charge on any atom is 0.341 e. The molecule has 0 unspecified atom stereocenters. The lowest BCUT2D eigenvalue weighted by Crippen LogP contribution is -2.37. The molecule has 0 atom stereocenters. The second kappa shape index (κ2) is 4.80. The van der Waals surface area contributed by atoms with Gasteiger partial charge in [-0.2, -0.15) is 0 Å². The molecule has 1 aromatic heterocycles. The molecule has 0 bridgehead atoms. The van der Waals surface area contributed by atoms with Crippen molar-refractivity contribution < 1.29 is 14.6 Å². The van der Waals surface area contributed by atoms with Crippen LogP contribution in [0.5, 0.6) is 0 Å². The van der Waals surface area contributed by atoms with Crippen molar-refractivity contribution in [2.75, 3.05) is 31.2 Å². The van der Waals surface area contributed by atoms with Crippen molar-refractivity contribution in [2.45, 2.75) is 0 Å². The van der Waals surface area contributed by atoms with E-state index in [9.17, 15) is 4.79 Å². The summed E-state index contributed by atoms with van der Waals surface area (Å²) >= 11 is 0. The van der Waals surface area contributed by atoms with Gasteiger partial charge in [-0.1, -0.05) is 6.57 Å². The first-order valence-electron chi connectivity index (χ1n) is 5.16. The van der Waals surface area contributed by atoms with E-state index in [-0.39, 0.29) is 11.4 Å². The summed E-state index contributed by atoms with van der Waals surface area (Å²) in [5, 5.41) is 9.08. The van der Waals surface area contributed by atoms with Crippen molar-refractivity contribution in [3.05, 3.63) is 29.2 Å². The molecule has 2 heterocycles. The Labute approximate surface area is 98.3 Å². The molecule has 1 aliphatic rings. The van der Waals surface area contributed by atoms with Crippen molar-refractivity contribution in [1.29, 1.82) is 0 Å². The molecule has 1 aromatic rings. The van der Waals surface area contributed by atoms with Crippen LogP contribution in [-0.2, 0) is 4.74 Å². The molecule has 6 nitrogen and oxygen atoms in total. The number of aromatic nitrogens is 1. The van der Waals surface area contributed by atoms with Gasteiger partial charge in [0.05, 0.1) is 13.2 Å². The zero-order chi connectivity index (χ0) is 12.3. The molecule has 2 rings (SSSR count). The monoisotopic (exact) mass is 233 g/mol. The van der Waals surface area contributed by atoms with E-state index >= 15 is 0 Å². The molecule has 88 valence electrons. The smallest absolute Gasteiger partial charge is 0.341 e. The van der Waals surface area contributed by atoms with Gasteiger partial charge in [0.15, 0.2) is 0 Å². The molecule has 6 heteroatoms.